The number of hydrogen-bond donors (Lipinski definition) is 1. The summed E-state index contributed by atoms with van der Waals surface area (Å²) < 4.78 is 0. The van der Waals surface area contributed by atoms with Crippen LogP contribution in [-0.2, 0) is 6.42 Å². The van der Waals surface area contributed by atoms with Gasteiger partial charge in [-0.05, 0) is 31.4 Å². The zero-order valence-electron chi connectivity index (χ0n) is 17.3. The van der Waals surface area contributed by atoms with E-state index in [0.717, 1.165) is 25.5 Å². The first kappa shape index (κ1) is 23.5. The molecule has 0 aliphatic rings. The number of nitriles is 1. The number of nitrogens with zero attached hydrogens (tertiary/aromatic N) is 1. The van der Waals surface area contributed by atoms with Crippen LogP contribution >= 0.6 is 0 Å². The van der Waals surface area contributed by atoms with Crippen LogP contribution < -0.4 is 0 Å². The summed E-state index contributed by atoms with van der Waals surface area (Å²) in [5.41, 5.74) is 1.88. The molecule has 0 amide bonds. The lowest BCUT2D eigenvalue weighted by molar-refractivity contribution is 0.111. The molecule has 27 heavy (non-hydrogen) atoms. The minimum atomic E-state index is 0.692. The van der Waals surface area contributed by atoms with Gasteiger partial charge in [0.15, 0.2) is 6.29 Å². The molecule has 1 aromatic rings. The highest BCUT2D eigenvalue weighted by Gasteiger charge is 1.98. The van der Waals surface area contributed by atoms with Gasteiger partial charge in [0.2, 0.25) is 0 Å². The molecule has 0 saturated carbocycles. The Bertz CT molecular complexity index is 501. The van der Waals surface area contributed by atoms with Crippen LogP contribution in [0, 0.1) is 11.3 Å². The maximum atomic E-state index is 10.6. The van der Waals surface area contributed by atoms with E-state index in [9.17, 15) is 4.79 Å². The Morgan fingerprint density at radius 1 is 0.704 bits per heavy atom. The number of carbonyl (C=O) groups excluding carboxylic acids is 1. The first-order valence-electron chi connectivity index (χ1n) is 11.4. The first-order chi connectivity index (χ1) is 13.4. The summed E-state index contributed by atoms with van der Waals surface area (Å²) in [5, 5.41) is 8.48. The van der Waals surface area contributed by atoms with Crippen molar-refractivity contribution in [3.8, 4) is 6.07 Å². The van der Waals surface area contributed by atoms with Crippen LogP contribution in [0.1, 0.15) is 125 Å². The highest BCUT2D eigenvalue weighted by Crippen LogP contribution is 2.14. The van der Waals surface area contributed by atoms with Crippen LogP contribution in [0.4, 0.5) is 0 Å². The normalized spacial score (nSPS) is 10.8. The molecule has 0 aromatic carbocycles. The lowest BCUT2D eigenvalue weighted by atomic mass is 10.0. The Hall–Kier alpha value is -1.56. The molecule has 0 radical (unpaired) electrons. The molecule has 1 N–H and O–H groups in total. The summed E-state index contributed by atoms with van der Waals surface area (Å²) in [6, 6.07) is 6.11. The predicted octanol–water partition coefficient (Wildman–Crippen LogP) is 7.52. The van der Waals surface area contributed by atoms with Crippen LogP contribution in [0.3, 0.4) is 0 Å². The van der Waals surface area contributed by atoms with Gasteiger partial charge < -0.3 is 4.98 Å². The predicted molar refractivity (Wildman–Crippen MR) is 114 cm³/mol. The number of aldehydes is 1. The molecule has 1 heterocycles. The highest BCUT2D eigenvalue weighted by atomic mass is 16.1. The van der Waals surface area contributed by atoms with Gasteiger partial charge in [0.05, 0.1) is 11.8 Å². The Labute approximate surface area is 166 Å². The van der Waals surface area contributed by atoms with Crippen LogP contribution in [0.5, 0.6) is 0 Å². The molecule has 0 spiro atoms. The van der Waals surface area contributed by atoms with Gasteiger partial charge in [-0.2, -0.15) is 5.26 Å². The number of aromatic amines is 1. The molecule has 1 aromatic heterocycles. The third-order valence-electron chi connectivity index (χ3n) is 5.38. The van der Waals surface area contributed by atoms with E-state index in [2.05, 4.69) is 11.1 Å². The molecule has 0 aliphatic carbocycles. The summed E-state index contributed by atoms with van der Waals surface area (Å²) in [6.45, 7) is 0. The number of rotatable bonds is 19. The smallest absolute Gasteiger partial charge is 0.166 e. The topological polar surface area (TPSA) is 56.6 Å². The zero-order chi connectivity index (χ0) is 19.4. The van der Waals surface area contributed by atoms with Gasteiger partial charge in [-0.3, -0.25) is 4.79 Å². The lowest BCUT2D eigenvalue weighted by Crippen LogP contribution is -1.88. The van der Waals surface area contributed by atoms with E-state index >= 15 is 0 Å². The number of aromatic nitrogens is 1. The molecular formula is C24H40N2O. The minimum absolute atomic E-state index is 0.692. The number of hydrogen-bond acceptors (Lipinski definition) is 2. The SMILES string of the molecule is N#CCCCCCCCCCCCCCCCCCCc1ccc(C=O)[nH]1. The number of nitrogens with one attached hydrogen (secondary N) is 1. The molecule has 0 atom stereocenters. The van der Waals surface area contributed by atoms with Crippen molar-refractivity contribution in [1.29, 1.82) is 5.26 Å². The maximum absolute atomic E-state index is 10.6. The van der Waals surface area contributed by atoms with Gasteiger partial charge in [-0.1, -0.05) is 89.9 Å². The summed E-state index contributed by atoms with van der Waals surface area (Å²) in [5.74, 6) is 0. The molecule has 0 bridgehead atoms. The lowest BCUT2D eigenvalue weighted by Gasteiger charge is -2.03. The van der Waals surface area contributed by atoms with Crippen molar-refractivity contribution in [2.75, 3.05) is 0 Å². The Morgan fingerprint density at radius 3 is 1.56 bits per heavy atom. The summed E-state index contributed by atoms with van der Waals surface area (Å²) in [4.78, 5) is 13.8. The molecule has 1 rings (SSSR count). The van der Waals surface area contributed by atoms with Crippen molar-refractivity contribution in [3.63, 3.8) is 0 Å². The largest absolute Gasteiger partial charge is 0.356 e. The Morgan fingerprint density at radius 2 is 1.15 bits per heavy atom. The van der Waals surface area contributed by atoms with E-state index in [0.29, 0.717) is 5.69 Å². The second-order valence-electron chi connectivity index (χ2n) is 7.87. The van der Waals surface area contributed by atoms with Crippen molar-refractivity contribution in [2.45, 2.75) is 116 Å². The number of H-pyrrole nitrogens is 1. The molecule has 3 heteroatoms. The Balaban J connectivity index is 1.72. The summed E-state index contributed by atoms with van der Waals surface area (Å²) >= 11 is 0. The number of carbonyl (C=O) groups is 1. The van der Waals surface area contributed by atoms with Crippen LogP contribution in [-0.4, -0.2) is 11.3 Å². The van der Waals surface area contributed by atoms with E-state index < -0.39 is 0 Å². The maximum Gasteiger partial charge on any atom is 0.166 e. The van der Waals surface area contributed by atoms with Gasteiger partial charge in [-0.25, -0.2) is 0 Å². The van der Waals surface area contributed by atoms with Gasteiger partial charge >= 0.3 is 0 Å². The molecule has 3 nitrogen and oxygen atoms in total. The van der Waals surface area contributed by atoms with E-state index in [1.165, 1.54) is 102 Å². The molecular weight excluding hydrogens is 332 g/mol. The molecule has 0 fully saturated rings. The van der Waals surface area contributed by atoms with E-state index in [-0.39, 0.29) is 0 Å². The average molecular weight is 373 g/mol. The summed E-state index contributed by atoms with van der Waals surface area (Å²) in [6.07, 6.45) is 24.1. The molecule has 0 saturated heterocycles. The third-order valence-corrected chi connectivity index (χ3v) is 5.38. The minimum Gasteiger partial charge on any atom is -0.356 e. The van der Waals surface area contributed by atoms with Crippen molar-refractivity contribution in [3.05, 3.63) is 23.5 Å². The quantitative estimate of drug-likeness (QED) is 0.201. The van der Waals surface area contributed by atoms with Crippen molar-refractivity contribution in [1.82, 2.24) is 4.98 Å². The van der Waals surface area contributed by atoms with Gasteiger partial charge in [0.1, 0.15) is 0 Å². The number of aryl methyl sites for hydroxylation is 1. The van der Waals surface area contributed by atoms with Crippen molar-refractivity contribution >= 4 is 6.29 Å². The first-order valence-corrected chi connectivity index (χ1v) is 11.4. The van der Waals surface area contributed by atoms with E-state index in [1.807, 2.05) is 12.1 Å². The third kappa shape index (κ3) is 14.2. The molecule has 0 unspecified atom stereocenters. The number of unbranched alkanes of at least 4 members (excludes halogenated alkanes) is 16. The zero-order valence-corrected chi connectivity index (χ0v) is 17.3. The van der Waals surface area contributed by atoms with Crippen molar-refractivity contribution in [2.24, 2.45) is 0 Å². The molecule has 0 aliphatic heterocycles. The summed E-state index contributed by atoms with van der Waals surface area (Å²) in [7, 11) is 0. The van der Waals surface area contributed by atoms with E-state index in [1.54, 1.807) is 0 Å². The van der Waals surface area contributed by atoms with Gasteiger partial charge in [0.25, 0.3) is 0 Å². The van der Waals surface area contributed by atoms with Crippen LogP contribution in [0.25, 0.3) is 0 Å². The van der Waals surface area contributed by atoms with Crippen molar-refractivity contribution < 1.29 is 4.79 Å². The molecule has 152 valence electrons. The Kier molecular flexibility index (Phi) is 15.5. The van der Waals surface area contributed by atoms with E-state index in [4.69, 9.17) is 5.26 Å². The fourth-order valence-electron chi connectivity index (χ4n) is 3.67. The fourth-order valence-corrected chi connectivity index (χ4v) is 3.67. The van der Waals surface area contributed by atoms with Crippen LogP contribution in [0.2, 0.25) is 0 Å². The van der Waals surface area contributed by atoms with Gasteiger partial charge in [0, 0.05) is 12.1 Å². The second kappa shape index (κ2) is 17.8. The second-order valence-corrected chi connectivity index (χ2v) is 7.87. The fraction of sp³-hybridized carbons (Fsp3) is 0.750. The highest BCUT2D eigenvalue weighted by molar-refractivity contribution is 5.71. The van der Waals surface area contributed by atoms with Gasteiger partial charge in [-0.15, -0.1) is 0 Å². The standard InChI is InChI=1S/C24H40N2O/c25-21-17-15-13-11-9-7-5-3-1-2-4-6-8-10-12-14-16-18-23-19-20-24(22-27)26-23/h19-20,22,26H,1-18H2. The average Bonchev–Trinajstić information content (AvgIpc) is 3.15. The van der Waals surface area contributed by atoms with Crippen LogP contribution in [0.15, 0.2) is 12.1 Å². The monoisotopic (exact) mass is 372 g/mol.